The van der Waals surface area contributed by atoms with Gasteiger partial charge in [-0.1, -0.05) is 103 Å². The summed E-state index contributed by atoms with van der Waals surface area (Å²) in [5, 5.41) is 26.5. The molecule has 0 saturated heterocycles. The van der Waals surface area contributed by atoms with Gasteiger partial charge in [0.15, 0.2) is 0 Å². The van der Waals surface area contributed by atoms with Gasteiger partial charge in [-0.05, 0) is 123 Å². The van der Waals surface area contributed by atoms with Crippen molar-refractivity contribution < 1.29 is 0 Å². The Morgan fingerprint density at radius 2 is 1.31 bits per heavy atom. The number of allylic oxidation sites excluding steroid dienone is 5. The Hall–Kier alpha value is -7.40. The quantitative estimate of drug-likeness (QED) is 0.162. The molecule has 8 aromatic rings. The second-order valence-electron chi connectivity index (χ2n) is 14.3. The zero-order valence-electron chi connectivity index (χ0n) is 30.0. The predicted octanol–water partition coefficient (Wildman–Crippen LogP) is 13.3. The van der Waals surface area contributed by atoms with Gasteiger partial charge in [-0.25, -0.2) is 0 Å². The zero-order valence-corrected chi connectivity index (χ0v) is 30.0. The number of fused-ring (bicyclic) bond motifs is 1. The highest BCUT2D eigenvalue weighted by molar-refractivity contribution is 6.28. The first-order valence-electron chi connectivity index (χ1n) is 18.7. The zero-order chi connectivity index (χ0) is 36.9. The van der Waals surface area contributed by atoms with Crippen molar-refractivity contribution in [2.45, 2.75) is 18.8 Å². The maximum absolute atomic E-state index is 9.74. The molecule has 10 rings (SSSR count). The fourth-order valence-corrected chi connectivity index (χ4v) is 8.52. The molecule has 0 radical (unpaired) electrons. The number of benzene rings is 8. The Morgan fingerprint density at radius 3 is 2.09 bits per heavy atom. The van der Waals surface area contributed by atoms with E-state index >= 15 is 0 Å². The van der Waals surface area contributed by atoms with Crippen LogP contribution in [0.5, 0.6) is 0 Å². The first-order chi connectivity index (χ1) is 27.2. The van der Waals surface area contributed by atoms with Crippen molar-refractivity contribution in [3.05, 3.63) is 198 Å². The van der Waals surface area contributed by atoms with Crippen molar-refractivity contribution in [3.63, 3.8) is 0 Å². The molecule has 1 unspecified atom stereocenters. The van der Waals surface area contributed by atoms with Crippen molar-refractivity contribution >= 4 is 60.8 Å². The molecule has 0 N–H and O–H groups in total. The van der Waals surface area contributed by atoms with Crippen LogP contribution in [0.15, 0.2) is 176 Å². The van der Waals surface area contributed by atoms with Crippen LogP contribution in [0.4, 0.5) is 28.4 Å². The highest BCUT2D eigenvalue weighted by atomic mass is 15.1. The number of nitrogens with zero attached hydrogens (tertiary/aromatic N) is 4. The standard InChI is InChI=1S/C51H34N4/c52-32-34-13-20-43(21-14-34)55(44-30-41(36-8-3-1-4-9-36)29-42(31-44)37-10-5-2-6-11-37)49-26-19-39-16-22-45-48(25-18-38-17-23-46(49)51(39)50(38)45)54-27-7-12-40-28-35(33-53)15-24-47(40)54/h1-10,13-31,37H,11-12H2. The molecular formula is C51H34N4. The van der Waals surface area contributed by atoms with E-state index in [4.69, 9.17) is 0 Å². The predicted molar refractivity (Wildman–Crippen MR) is 227 cm³/mol. The third kappa shape index (κ3) is 5.52. The van der Waals surface area contributed by atoms with E-state index in [1.54, 1.807) is 0 Å². The normalized spacial score (nSPS) is 14.7. The molecule has 1 aliphatic heterocycles. The Kier molecular flexibility index (Phi) is 7.76. The van der Waals surface area contributed by atoms with Crippen LogP contribution in [0.1, 0.15) is 34.6 Å². The highest BCUT2D eigenvalue weighted by Gasteiger charge is 2.23. The summed E-state index contributed by atoms with van der Waals surface area (Å²) in [5.41, 5.74) is 11.4. The van der Waals surface area contributed by atoms with Gasteiger partial charge in [0.25, 0.3) is 0 Å². The molecule has 55 heavy (non-hydrogen) atoms. The second-order valence-corrected chi connectivity index (χ2v) is 14.3. The van der Waals surface area contributed by atoms with Crippen molar-refractivity contribution in [2.24, 2.45) is 0 Å². The summed E-state index contributed by atoms with van der Waals surface area (Å²) < 4.78 is 0. The molecule has 0 bridgehead atoms. The monoisotopic (exact) mass is 702 g/mol. The van der Waals surface area contributed by atoms with Crippen LogP contribution >= 0.6 is 0 Å². The maximum Gasteiger partial charge on any atom is 0.0991 e. The van der Waals surface area contributed by atoms with Crippen molar-refractivity contribution in [1.29, 1.82) is 10.5 Å². The van der Waals surface area contributed by atoms with E-state index in [1.165, 1.54) is 38.1 Å². The van der Waals surface area contributed by atoms with E-state index in [9.17, 15) is 10.5 Å². The molecule has 0 spiro atoms. The molecule has 0 aromatic heterocycles. The first kappa shape index (κ1) is 32.3. The minimum absolute atomic E-state index is 0.260. The molecule has 1 atom stereocenters. The molecular weight excluding hydrogens is 669 g/mol. The van der Waals surface area contributed by atoms with Crippen LogP contribution in [-0.2, 0) is 6.42 Å². The third-order valence-electron chi connectivity index (χ3n) is 11.1. The number of hydrogen-bond donors (Lipinski definition) is 0. The molecule has 8 aromatic carbocycles. The molecule has 0 saturated carbocycles. The molecule has 2 aliphatic rings. The summed E-state index contributed by atoms with van der Waals surface area (Å²) in [6.45, 7) is 0. The summed E-state index contributed by atoms with van der Waals surface area (Å²) in [6.07, 6.45) is 14.9. The van der Waals surface area contributed by atoms with Crippen LogP contribution in [0, 0.1) is 22.7 Å². The van der Waals surface area contributed by atoms with Gasteiger partial charge in [-0.3, -0.25) is 0 Å². The van der Waals surface area contributed by atoms with Crippen molar-refractivity contribution in [1.82, 2.24) is 0 Å². The number of rotatable bonds is 6. The van der Waals surface area contributed by atoms with Crippen LogP contribution in [0.3, 0.4) is 0 Å². The van der Waals surface area contributed by atoms with Gasteiger partial charge < -0.3 is 9.80 Å². The van der Waals surface area contributed by atoms with Gasteiger partial charge in [-0.2, -0.15) is 10.5 Å². The summed E-state index contributed by atoms with van der Waals surface area (Å²) >= 11 is 0. The average molecular weight is 703 g/mol. The average Bonchev–Trinajstić information content (AvgIpc) is 3.26. The summed E-state index contributed by atoms with van der Waals surface area (Å²) in [4.78, 5) is 4.63. The summed E-state index contributed by atoms with van der Waals surface area (Å²) in [6, 6.07) is 54.1. The van der Waals surface area contributed by atoms with Gasteiger partial charge in [0.05, 0.1) is 34.6 Å². The van der Waals surface area contributed by atoms with Gasteiger partial charge >= 0.3 is 0 Å². The molecule has 1 aliphatic carbocycles. The van der Waals surface area contributed by atoms with E-state index < -0.39 is 0 Å². The lowest BCUT2D eigenvalue weighted by molar-refractivity contribution is 0.854. The molecule has 1 heterocycles. The fourth-order valence-electron chi connectivity index (χ4n) is 8.52. The molecule has 4 nitrogen and oxygen atoms in total. The van der Waals surface area contributed by atoms with Crippen molar-refractivity contribution in [2.75, 3.05) is 9.80 Å². The lowest BCUT2D eigenvalue weighted by Gasteiger charge is -2.30. The largest absolute Gasteiger partial charge is 0.317 e. The fraction of sp³-hybridized carbons (Fsp3) is 0.0588. The van der Waals surface area contributed by atoms with Crippen LogP contribution in [0.2, 0.25) is 0 Å². The minimum atomic E-state index is 0.260. The topological polar surface area (TPSA) is 54.1 Å². The van der Waals surface area contributed by atoms with Gasteiger partial charge in [-0.15, -0.1) is 0 Å². The molecule has 0 amide bonds. The van der Waals surface area contributed by atoms with Crippen LogP contribution in [-0.4, -0.2) is 0 Å². The third-order valence-corrected chi connectivity index (χ3v) is 11.1. The second kappa shape index (κ2) is 13.2. The first-order valence-corrected chi connectivity index (χ1v) is 18.7. The Balaban J connectivity index is 1.21. The number of nitriles is 2. The van der Waals surface area contributed by atoms with Crippen LogP contribution in [0.25, 0.3) is 43.4 Å². The maximum atomic E-state index is 9.74. The Labute approximate surface area is 320 Å². The SMILES string of the molecule is N#Cc1ccc(N(c2cc(-c3ccccc3)cc(C3C=CC=CC3)c2)c2ccc3ccc4c(N5C=CCc6cc(C#N)ccc65)ccc5ccc2c3c54)cc1. The number of anilines is 5. The van der Waals surface area contributed by atoms with Crippen LogP contribution < -0.4 is 9.80 Å². The lowest BCUT2D eigenvalue weighted by Crippen LogP contribution is -2.15. The minimum Gasteiger partial charge on any atom is -0.317 e. The lowest BCUT2D eigenvalue weighted by atomic mass is 9.89. The smallest absolute Gasteiger partial charge is 0.0991 e. The molecule has 258 valence electrons. The Morgan fingerprint density at radius 1 is 0.582 bits per heavy atom. The molecule has 0 fully saturated rings. The van der Waals surface area contributed by atoms with E-state index in [2.05, 4.69) is 174 Å². The van der Waals surface area contributed by atoms with E-state index in [1.807, 2.05) is 24.3 Å². The molecule has 4 heteroatoms. The van der Waals surface area contributed by atoms with E-state index in [0.717, 1.165) is 57.8 Å². The highest BCUT2D eigenvalue weighted by Crippen LogP contribution is 2.48. The van der Waals surface area contributed by atoms with Crippen molar-refractivity contribution in [3.8, 4) is 23.3 Å². The van der Waals surface area contributed by atoms with Gasteiger partial charge in [0.1, 0.15) is 0 Å². The summed E-state index contributed by atoms with van der Waals surface area (Å²) in [7, 11) is 0. The van der Waals surface area contributed by atoms with Gasteiger partial charge in [0.2, 0.25) is 0 Å². The van der Waals surface area contributed by atoms with E-state index in [0.29, 0.717) is 11.1 Å². The van der Waals surface area contributed by atoms with Gasteiger partial charge in [0, 0.05) is 40.0 Å². The Bertz CT molecular complexity index is 2960. The number of hydrogen-bond acceptors (Lipinski definition) is 4. The van der Waals surface area contributed by atoms with E-state index in [-0.39, 0.29) is 5.92 Å². The summed E-state index contributed by atoms with van der Waals surface area (Å²) in [5.74, 6) is 0.260.